The lowest BCUT2D eigenvalue weighted by atomic mass is 10.3. The molecule has 94 valence electrons. The highest BCUT2D eigenvalue weighted by Gasteiger charge is 2.10. The fourth-order valence-electron chi connectivity index (χ4n) is 1.43. The molecule has 0 bridgehead atoms. The SMILES string of the molecule is NCc1nn(-c2ccc(F)c(F)c2)c(=O)cc1O. The summed E-state index contributed by atoms with van der Waals surface area (Å²) in [6.45, 7) is -0.0875. The number of halogens is 2. The van der Waals surface area contributed by atoms with Crippen LogP contribution in [0.3, 0.4) is 0 Å². The quantitative estimate of drug-likeness (QED) is 0.824. The van der Waals surface area contributed by atoms with E-state index in [1.165, 1.54) is 6.07 Å². The average Bonchev–Trinajstić information content (AvgIpc) is 2.33. The van der Waals surface area contributed by atoms with Crippen LogP contribution < -0.4 is 11.3 Å². The second-order valence-electron chi connectivity index (χ2n) is 3.53. The molecule has 2 rings (SSSR count). The zero-order valence-electron chi connectivity index (χ0n) is 9.10. The predicted molar refractivity (Wildman–Crippen MR) is 59.3 cm³/mol. The first kappa shape index (κ1) is 12.2. The molecule has 1 heterocycles. The number of aromatic hydroxyl groups is 1. The van der Waals surface area contributed by atoms with Crippen LogP contribution in [0.5, 0.6) is 5.75 Å². The number of rotatable bonds is 2. The van der Waals surface area contributed by atoms with Crippen LogP contribution in [-0.2, 0) is 6.54 Å². The highest BCUT2D eigenvalue weighted by Crippen LogP contribution is 2.14. The third-order valence-electron chi connectivity index (χ3n) is 2.33. The Kier molecular flexibility index (Phi) is 3.07. The Balaban J connectivity index is 2.63. The van der Waals surface area contributed by atoms with Gasteiger partial charge in [0.15, 0.2) is 11.6 Å². The third kappa shape index (κ3) is 2.07. The summed E-state index contributed by atoms with van der Waals surface area (Å²) in [4.78, 5) is 11.6. The molecule has 7 heteroatoms. The van der Waals surface area contributed by atoms with E-state index in [-0.39, 0.29) is 23.7 Å². The zero-order valence-corrected chi connectivity index (χ0v) is 9.10. The molecule has 18 heavy (non-hydrogen) atoms. The minimum absolute atomic E-state index is 0.0496. The van der Waals surface area contributed by atoms with Gasteiger partial charge in [0.2, 0.25) is 0 Å². The van der Waals surface area contributed by atoms with Crippen LogP contribution >= 0.6 is 0 Å². The molecule has 0 saturated heterocycles. The lowest BCUT2D eigenvalue weighted by Gasteiger charge is -2.07. The van der Waals surface area contributed by atoms with E-state index in [1.54, 1.807) is 0 Å². The van der Waals surface area contributed by atoms with Crippen LogP contribution in [0.1, 0.15) is 5.69 Å². The largest absolute Gasteiger partial charge is 0.506 e. The van der Waals surface area contributed by atoms with Gasteiger partial charge in [-0.3, -0.25) is 4.79 Å². The standard InChI is InChI=1S/C11H9F2N3O2/c12-7-2-1-6(3-8(7)13)16-11(18)4-10(17)9(5-14)15-16/h1-4,17H,5,14H2. The summed E-state index contributed by atoms with van der Waals surface area (Å²) in [7, 11) is 0. The van der Waals surface area contributed by atoms with Gasteiger partial charge in [0, 0.05) is 18.7 Å². The summed E-state index contributed by atoms with van der Waals surface area (Å²) in [6, 6.07) is 3.83. The summed E-state index contributed by atoms with van der Waals surface area (Å²) >= 11 is 0. The Labute approximate surface area is 100 Å². The molecule has 0 radical (unpaired) electrons. The number of hydrogen-bond acceptors (Lipinski definition) is 4. The molecule has 1 aromatic heterocycles. The van der Waals surface area contributed by atoms with Crippen LogP contribution in [-0.4, -0.2) is 14.9 Å². The highest BCUT2D eigenvalue weighted by molar-refractivity contribution is 5.33. The van der Waals surface area contributed by atoms with Crippen molar-refractivity contribution in [3.05, 3.63) is 51.9 Å². The summed E-state index contributed by atoms with van der Waals surface area (Å²) in [5, 5.41) is 13.1. The molecular formula is C11H9F2N3O2. The van der Waals surface area contributed by atoms with Gasteiger partial charge in [-0.05, 0) is 12.1 Å². The van der Waals surface area contributed by atoms with Crippen molar-refractivity contribution in [3.63, 3.8) is 0 Å². The molecule has 0 aliphatic carbocycles. The zero-order chi connectivity index (χ0) is 13.3. The molecule has 0 spiro atoms. The minimum Gasteiger partial charge on any atom is -0.506 e. The van der Waals surface area contributed by atoms with Crippen molar-refractivity contribution < 1.29 is 13.9 Å². The Morgan fingerprint density at radius 1 is 1.28 bits per heavy atom. The number of hydrogen-bond donors (Lipinski definition) is 2. The topological polar surface area (TPSA) is 81.1 Å². The van der Waals surface area contributed by atoms with Crippen LogP contribution in [0.4, 0.5) is 8.78 Å². The molecule has 0 unspecified atom stereocenters. The molecule has 0 aliphatic heterocycles. The van der Waals surface area contributed by atoms with Gasteiger partial charge in [-0.15, -0.1) is 0 Å². The van der Waals surface area contributed by atoms with Crippen molar-refractivity contribution in [3.8, 4) is 11.4 Å². The van der Waals surface area contributed by atoms with Gasteiger partial charge in [-0.2, -0.15) is 9.78 Å². The van der Waals surface area contributed by atoms with E-state index >= 15 is 0 Å². The molecule has 0 amide bonds. The van der Waals surface area contributed by atoms with E-state index in [4.69, 9.17) is 5.73 Å². The van der Waals surface area contributed by atoms with Gasteiger partial charge in [0.25, 0.3) is 5.56 Å². The van der Waals surface area contributed by atoms with Crippen molar-refractivity contribution in [2.24, 2.45) is 5.73 Å². The Hall–Kier alpha value is -2.28. The molecule has 2 aromatic rings. The first-order valence-corrected chi connectivity index (χ1v) is 5.00. The normalized spacial score (nSPS) is 10.6. The Morgan fingerprint density at radius 3 is 2.61 bits per heavy atom. The van der Waals surface area contributed by atoms with Crippen molar-refractivity contribution >= 4 is 0 Å². The summed E-state index contributed by atoms with van der Waals surface area (Å²) in [5.41, 5.74) is 4.79. The maximum Gasteiger partial charge on any atom is 0.275 e. The van der Waals surface area contributed by atoms with Crippen LogP contribution in [0.25, 0.3) is 5.69 Å². The molecule has 3 N–H and O–H groups in total. The lowest BCUT2D eigenvalue weighted by Crippen LogP contribution is -2.22. The van der Waals surface area contributed by atoms with Gasteiger partial charge in [0.05, 0.1) is 5.69 Å². The molecule has 5 nitrogen and oxygen atoms in total. The van der Waals surface area contributed by atoms with E-state index < -0.39 is 17.2 Å². The monoisotopic (exact) mass is 253 g/mol. The van der Waals surface area contributed by atoms with Crippen molar-refractivity contribution in [2.45, 2.75) is 6.54 Å². The number of aromatic nitrogens is 2. The van der Waals surface area contributed by atoms with Gasteiger partial charge >= 0.3 is 0 Å². The average molecular weight is 253 g/mol. The van der Waals surface area contributed by atoms with Gasteiger partial charge in [0.1, 0.15) is 11.4 Å². The molecule has 1 aromatic carbocycles. The van der Waals surface area contributed by atoms with E-state index in [9.17, 15) is 18.7 Å². The second kappa shape index (κ2) is 4.53. The van der Waals surface area contributed by atoms with Gasteiger partial charge in [-0.25, -0.2) is 8.78 Å². The number of nitrogens with two attached hydrogens (primary N) is 1. The van der Waals surface area contributed by atoms with E-state index in [0.29, 0.717) is 0 Å². The Bertz CT molecular complexity index is 655. The smallest absolute Gasteiger partial charge is 0.275 e. The summed E-state index contributed by atoms with van der Waals surface area (Å²) in [5.74, 6) is -2.45. The summed E-state index contributed by atoms with van der Waals surface area (Å²) < 4.78 is 26.7. The number of nitrogens with zero attached hydrogens (tertiary/aromatic N) is 2. The van der Waals surface area contributed by atoms with Crippen molar-refractivity contribution in [1.29, 1.82) is 0 Å². The van der Waals surface area contributed by atoms with Gasteiger partial charge in [-0.1, -0.05) is 0 Å². The first-order valence-electron chi connectivity index (χ1n) is 5.00. The molecule has 0 atom stereocenters. The maximum atomic E-state index is 13.1. The molecule has 0 fully saturated rings. The highest BCUT2D eigenvalue weighted by atomic mass is 19.2. The van der Waals surface area contributed by atoms with Crippen LogP contribution in [0.15, 0.2) is 29.1 Å². The van der Waals surface area contributed by atoms with Crippen molar-refractivity contribution in [2.75, 3.05) is 0 Å². The lowest BCUT2D eigenvalue weighted by molar-refractivity contribution is 0.456. The fourth-order valence-corrected chi connectivity index (χ4v) is 1.43. The minimum atomic E-state index is -1.09. The maximum absolute atomic E-state index is 13.1. The first-order chi connectivity index (χ1) is 8.52. The van der Waals surface area contributed by atoms with E-state index in [2.05, 4.69) is 5.10 Å². The fraction of sp³-hybridized carbons (Fsp3) is 0.0909. The van der Waals surface area contributed by atoms with Gasteiger partial charge < -0.3 is 10.8 Å². The number of benzene rings is 1. The molecular weight excluding hydrogens is 244 g/mol. The molecule has 0 saturated carbocycles. The Morgan fingerprint density at radius 2 is 2.00 bits per heavy atom. The predicted octanol–water partition coefficient (Wildman–Crippen LogP) is 0.675. The summed E-state index contributed by atoms with van der Waals surface area (Å²) in [6.07, 6.45) is 0. The van der Waals surface area contributed by atoms with Crippen LogP contribution in [0, 0.1) is 11.6 Å². The van der Waals surface area contributed by atoms with E-state index in [1.807, 2.05) is 0 Å². The molecule has 0 aliphatic rings. The van der Waals surface area contributed by atoms with Crippen LogP contribution in [0.2, 0.25) is 0 Å². The van der Waals surface area contributed by atoms with E-state index in [0.717, 1.165) is 22.9 Å². The van der Waals surface area contributed by atoms with Crippen molar-refractivity contribution in [1.82, 2.24) is 9.78 Å². The third-order valence-corrected chi connectivity index (χ3v) is 2.33. The second-order valence-corrected chi connectivity index (χ2v) is 3.53.